The van der Waals surface area contributed by atoms with Crippen molar-refractivity contribution < 1.29 is 19.5 Å². The molecule has 0 fully saturated rings. The van der Waals surface area contributed by atoms with E-state index in [1.54, 1.807) is 12.1 Å². The van der Waals surface area contributed by atoms with Gasteiger partial charge >= 0.3 is 0 Å². The third kappa shape index (κ3) is 1.54. The standard InChI is InChI=1S/C10H11B4NO4/c11-9(12)4-2-6-5(18-10(13,14)19-6)1-3(4)7(16)8(9)15-17/h1-2,17H,11-14H2/b15-8+. The molecule has 0 saturated heterocycles. The molecule has 1 aromatic rings. The van der Waals surface area contributed by atoms with Crippen molar-refractivity contribution in [3.05, 3.63) is 23.3 Å². The molecular formula is C10H11B4NO4. The Hall–Kier alpha value is -1.78. The topological polar surface area (TPSA) is 68.1 Å². The predicted octanol–water partition coefficient (Wildman–Crippen LogP) is -3.22. The highest BCUT2D eigenvalue weighted by molar-refractivity contribution is 6.69. The molecular weight excluding hydrogens is 241 g/mol. The van der Waals surface area contributed by atoms with Gasteiger partial charge in [-0.25, -0.2) is 0 Å². The van der Waals surface area contributed by atoms with Crippen LogP contribution in [0.2, 0.25) is 0 Å². The fourth-order valence-electron chi connectivity index (χ4n) is 2.68. The minimum Gasteiger partial charge on any atom is -0.467 e. The molecule has 19 heavy (non-hydrogen) atoms. The highest BCUT2D eigenvalue weighted by Crippen LogP contribution is 2.44. The van der Waals surface area contributed by atoms with E-state index < -0.39 is 10.8 Å². The zero-order valence-corrected chi connectivity index (χ0v) is 11.3. The van der Waals surface area contributed by atoms with Crippen LogP contribution in [0.5, 0.6) is 11.5 Å². The first-order chi connectivity index (χ1) is 8.76. The summed E-state index contributed by atoms with van der Waals surface area (Å²) in [7, 11) is 7.32. The third-order valence-corrected chi connectivity index (χ3v) is 3.62. The van der Waals surface area contributed by atoms with E-state index in [1.807, 2.05) is 31.4 Å². The Balaban J connectivity index is 2.21. The number of hydrogen-bond acceptors (Lipinski definition) is 5. The lowest BCUT2D eigenvalue weighted by molar-refractivity contribution is 0.0832. The largest absolute Gasteiger partial charge is 0.467 e. The fraction of sp³-hybridized carbons (Fsp3) is 0.200. The Morgan fingerprint density at radius 1 is 1.11 bits per heavy atom. The van der Waals surface area contributed by atoms with Gasteiger partial charge in [-0.05, 0) is 22.9 Å². The van der Waals surface area contributed by atoms with E-state index in [0.29, 0.717) is 17.1 Å². The van der Waals surface area contributed by atoms with Crippen LogP contribution < -0.4 is 9.47 Å². The quantitative estimate of drug-likeness (QED) is 0.300. The number of rotatable bonds is 0. The van der Waals surface area contributed by atoms with Crippen LogP contribution in [0.15, 0.2) is 17.3 Å². The summed E-state index contributed by atoms with van der Waals surface area (Å²) < 4.78 is 11.3. The zero-order chi connectivity index (χ0) is 14.0. The van der Waals surface area contributed by atoms with Gasteiger partial charge in [0.25, 0.3) is 0 Å². The van der Waals surface area contributed by atoms with Crippen LogP contribution in [0.4, 0.5) is 0 Å². The van der Waals surface area contributed by atoms with Gasteiger partial charge in [0, 0.05) is 5.56 Å². The van der Waals surface area contributed by atoms with E-state index in [2.05, 4.69) is 5.16 Å². The van der Waals surface area contributed by atoms with Crippen molar-refractivity contribution in [3.63, 3.8) is 0 Å². The van der Waals surface area contributed by atoms with E-state index in [-0.39, 0.29) is 11.5 Å². The van der Waals surface area contributed by atoms with Gasteiger partial charge in [-0.1, -0.05) is 5.16 Å². The zero-order valence-electron chi connectivity index (χ0n) is 11.3. The van der Waals surface area contributed by atoms with Gasteiger partial charge < -0.3 is 14.7 Å². The molecule has 9 heteroatoms. The molecule has 1 heterocycles. The Morgan fingerprint density at radius 3 is 2.26 bits per heavy atom. The lowest BCUT2D eigenvalue weighted by Crippen LogP contribution is -2.39. The van der Waals surface area contributed by atoms with Gasteiger partial charge in [0.2, 0.25) is 5.78 Å². The Kier molecular flexibility index (Phi) is 2.20. The van der Waals surface area contributed by atoms with Gasteiger partial charge in [-0.3, -0.25) is 4.79 Å². The number of oxime groups is 1. The second-order valence-corrected chi connectivity index (χ2v) is 5.85. The van der Waals surface area contributed by atoms with Crippen molar-refractivity contribution in [3.8, 4) is 11.5 Å². The van der Waals surface area contributed by atoms with E-state index >= 15 is 0 Å². The lowest BCUT2D eigenvalue weighted by Gasteiger charge is -2.19. The number of ketones is 1. The highest BCUT2D eigenvalue weighted by Gasteiger charge is 2.45. The summed E-state index contributed by atoms with van der Waals surface area (Å²) in [5.74, 6) is 0.898. The van der Waals surface area contributed by atoms with Gasteiger partial charge in [-0.15, -0.1) is 0 Å². The number of hydrogen-bond donors (Lipinski definition) is 1. The molecule has 0 bridgehead atoms. The molecule has 0 aromatic heterocycles. The Morgan fingerprint density at radius 2 is 1.68 bits per heavy atom. The maximum atomic E-state index is 12.2. The van der Waals surface area contributed by atoms with Crippen molar-refractivity contribution in [2.45, 2.75) is 10.8 Å². The van der Waals surface area contributed by atoms with Gasteiger partial charge in [-0.2, -0.15) is 0 Å². The fourth-order valence-corrected chi connectivity index (χ4v) is 2.68. The van der Waals surface area contributed by atoms with Crippen molar-refractivity contribution in [2.24, 2.45) is 5.16 Å². The first kappa shape index (κ1) is 12.3. The molecule has 0 saturated carbocycles. The summed E-state index contributed by atoms with van der Waals surface area (Å²) in [5.41, 5.74) is 0.729. The normalized spacial score (nSPS) is 23.6. The van der Waals surface area contributed by atoms with Crippen molar-refractivity contribution in [1.82, 2.24) is 0 Å². The van der Waals surface area contributed by atoms with E-state index in [9.17, 15) is 4.79 Å². The third-order valence-electron chi connectivity index (χ3n) is 3.62. The average molecular weight is 252 g/mol. The molecule has 0 radical (unpaired) electrons. The molecule has 5 nitrogen and oxygen atoms in total. The summed E-state index contributed by atoms with van der Waals surface area (Å²) in [4.78, 5) is 12.2. The molecule has 0 amide bonds. The maximum Gasteiger partial charge on any atom is 0.210 e. The lowest BCUT2D eigenvalue weighted by atomic mass is 9.50. The SMILES string of the molecule is BC1(B)Oc2cc3c(cc2O1)C(B)(B)/C(=N/O)C3=O. The van der Waals surface area contributed by atoms with Gasteiger partial charge in [0.05, 0.1) is 0 Å². The number of benzene rings is 1. The van der Waals surface area contributed by atoms with Crippen LogP contribution in [0.25, 0.3) is 0 Å². The summed E-state index contributed by atoms with van der Waals surface area (Å²) in [6.07, 6.45) is 0. The van der Waals surface area contributed by atoms with Gasteiger partial charge in [0.15, 0.2) is 32.8 Å². The van der Waals surface area contributed by atoms with Crippen LogP contribution in [0.3, 0.4) is 0 Å². The molecule has 2 aliphatic rings. The van der Waals surface area contributed by atoms with Crippen LogP contribution in [-0.2, 0) is 5.21 Å². The number of fused-ring (bicyclic) bond motifs is 2. The van der Waals surface area contributed by atoms with E-state index in [4.69, 9.17) is 14.7 Å². The number of carbonyl (C=O) groups excluding carboxylic acids is 1. The van der Waals surface area contributed by atoms with Crippen molar-refractivity contribution in [2.75, 3.05) is 0 Å². The summed E-state index contributed by atoms with van der Waals surface area (Å²) >= 11 is 0. The Bertz CT molecular complexity index is 641. The monoisotopic (exact) mass is 253 g/mol. The minimum atomic E-state index is -0.724. The molecule has 1 N–H and O–H groups in total. The van der Waals surface area contributed by atoms with E-state index in [0.717, 1.165) is 5.56 Å². The van der Waals surface area contributed by atoms with Crippen LogP contribution in [0, 0.1) is 0 Å². The number of Topliss-reactive ketones (excluding diaryl/α,β-unsaturated/α-hetero) is 1. The molecule has 0 spiro atoms. The number of ether oxygens (including phenoxy) is 2. The number of carbonyl (C=O) groups is 1. The molecule has 1 aliphatic carbocycles. The van der Waals surface area contributed by atoms with Crippen LogP contribution in [0.1, 0.15) is 15.9 Å². The summed E-state index contributed by atoms with van der Waals surface area (Å²) in [5, 5.41) is 11.6. The molecule has 92 valence electrons. The first-order valence-electron chi connectivity index (χ1n) is 6.10. The van der Waals surface area contributed by atoms with Crippen LogP contribution in [-0.4, -0.2) is 53.7 Å². The molecule has 0 unspecified atom stereocenters. The van der Waals surface area contributed by atoms with Crippen LogP contribution >= 0.6 is 0 Å². The first-order valence-corrected chi connectivity index (χ1v) is 6.10. The summed E-state index contributed by atoms with van der Waals surface area (Å²) in [6.45, 7) is 0. The minimum absolute atomic E-state index is 0.144. The molecule has 0 atom stereocenters. The second kappa shape index (κ2) is 3.40. The van der Waals surface area contributed by atoms with E-state index in [1.165, 1.54) is 0 Å². The highest BCUT2D eigenvalue weighted by atomic mass is 16.7. The van der Waals surface area contributed by atoms with Crippen molar-refractivity contribution in [1.29, 1.82) is 0 Å². The maximum absolute atomic E-state index is 12.2. The molecule has 3 rings (SSSR count). The van der Waals surface area contributed by atoms with Gasteiger partial charge in [0.1, 0.15) is 21.4 Å². The Labute approximate surface area is 114 Å². The smallest absolute Gasteiger partial charge is 0.210 e. The number of nitrogens with zero attached hydrogens (tertiary/aromatic N) is 1. The molecule has 1 aromatic carbocycles. The molecule has 1 aliphatic heterocycles. The summed E-state index contributed by atoms with van der Waals surface area (Å²) in [6, 6.07) is 3.47. The predicted molar refractivity (Wildman–Crippen MR) is 79.8 cm³/mol. The average Bonchev–Trinajstić information content (AvgIpc) is 2.68. The van der Waals surface area contributed by atoms with Crippen molar-refractivity contribution >= 4 is 42.9 Å². The second-order valence-electron chi connectivity index (χ2n) is 5.85.